The van der Waals surface area contributed by atoms with Crippen molar-refractivity contribution in [3.8, 4) is 0 Å². The number of hydrogen-bond donors (Lipinski definition) is 1. The van der Waals surface area contributed by atoms with Gasteiger partial charge in [0.2, 0.25) is 0 Å². The summed E-state index contributed by atoms with van der Waals surface area (Å²) in [6, 6.07) is 2.13. The predicted molar refractivity (Wildman–Crippen MR) is 74.2 cm³/mol. The summed E-state index contributed by atoms with van der Waals surface area (Å²) in [4.78, 5) is 10.5. The van der Waals surface area contributed by atoms with Gasteiger partial charge in [-0.15, -0.1) is 11.3 Å². The van der Waals surface area contributed by atoms with Crippen molar-refractivity contribution in [1.82, 2.24) is 0 Å². The molecule has 5 heteroatoms. The Morgan fingerprint density at radius 3 is 2.69 bits per heavy atom. The van der Waals surface area contributed by atoms with Crippen LogP contribution in [-0.2, 0) is 4.79 Å². The van der Waals surface area contributed by atoms with E-state index in [1.165, 1.54) is 5.56 Å². The minimum Gasteiger partial charge on any atom is -0.481 e. The number of thiophene rings is 1. The summed E-state index contributed by atoms with van der Waals surface area (Å²) in [5.41, 5.74) is 1.30. The molecular weight excluding hydrogens is 356 g/mol. The number of halogens is 2. The van der Waals surface area contributed by atoms with E-state index in [1.54, 1.807) is 11.3 Å². The third-order valence-electron chi connectivity index (χ3n) is 2.56. The minimum atomic E-state index is -0.708. The zero-order chi connectivity index (χ0) is 12.1. The highest BCUT2D eigenvalue weighted by Gasteiger charge is 2.15. The van der Waals surface area contributed by atoms with Gasteiger partial charge in [0.25, 0.3) is 0 Å². The fourth-order valence-electron chi connectivity index (χ4n) is 1.71. The van der Waals surface area contributed by atoms with Crippen LogP contribution in [0, 0.1) is 0 Å². The Balaban J connectivity index is 2.60. The molecule has 0 aliphatic rings. The van der Waals surface area contributed by atoms with Crippen LogP contribution in [-0.4, -0.2) is 11.1 Å². The lowest BCUT2D eigenvalue weighted by molar-refractivity contribution is -0.137. The summed E-state index contributed by atoms with van der Waals surface area (Å²) in [5.74, 6) is -0.253. The molecule has 0 aliphatic carbocycles. The summed E-state index contributed by atoms with van der Waals surface area (Å²) in [7, 11) is 0. The van der Waals surface area contributed by atoms with Crippen molar-refractivity contribution in [3.63, 3.8) is 0 Å². The number of carbonyl (C=O) groups is 1. The second kappa shape index (κ2) is 6.77. The zero-order valence-corrected chi connectivity index (χ0v) is 13.0. The molecule has 0 bridgehead atoms. The van der Waals surface area contributed by atoms with Gasteiger partial charge in [0.15, 0.2) is 0 Å². The molecule has 2 nitrogen and oxygen atoms in total. The fraction of sp³-hybridized carbons (Fsp3) is 0.545. The molecule has 1 unspecified atom stereocenters. The van der Waals surface area contributed by atoms with E-state index in [4.69, 9.17) is 5.11 Å². The third-order valence-corrected chi connectivity index (χ3v) is 4.94. The molecule has 0 amide bonds. The first-order valence-electron chi connectivity index (χ1n) is 5.21. The maximum atomic E-state index is 10.5. The predicted octanol–water partition coefficient (Wildman–Crippen LogP) is 5.02. The molecule has 0 saturated heterocycles. The van der Waals surface area contributed by atoms with E-state index in [1.807, 2.05) is 0 Å². The van der Waals surface area contributed by atoms with Gasteiger partial charge in [-0.05, 0) is 68.7 Å². The molecule has 0 saturated carbocycles. The molecule has 0 aliphatic heterocycles. The van der Waals surface area contributed by atoms with Crippen LogP contribution in [0.3, 0.4) is 0 Å². The van der Waals surface area contributed by atoms with Crippen LogP contribution in [0.2, 0.25) is 0 Å². The molecule has 0 fully saturated rings. The Morgan fingerprint density at radius 2 is 2.25 bits per heavy atom. The van der Waals surface area contributed by atoms with Crippen molar-refractivity contribution >= 4 is 49.2 Å². The van der Waals surface area contributed by atoms with Gasteiger partial charge in [0, 0.05) is 6.42 Å². The summed E-state index contributed by atoms with van der Waals surface area (Å²) >= 11 is 8.69. The first-order chi connectivity index (χ1) is 7.54. The van der Waals surface area contributed by atoms with Crippen LogP contribution in [0.4, 0.5) is 0 Å². The van der Waals surface area contributed by atoms with Gasteiger partial charge in [0.1, 0.15) is 0 Å². The molecule has 0 aromatic carbocycles. The summed E-state index contributed by atoms with van der Waals surface area (Å²) in [5, 5.41) is 8.61. The molecule has 1 heterocycles. The topological polar surface area (TPSA) is 37.3 Å². The van der Waals surface area contributed by atoms with E-state index in [0.717, 1.165) is 26.8 Å². The Morgan fingerprint density at radius 1 is 1.56 bits per heavy atom. The van der Waals surface area contributed by atoms with Crippen LogP contribution < -0.4 is 0 Å². The minimum absolute atomic E-state index is 0.263. The largest absolute Gasteiger partial charge is 0.481 e. The molecule has 0 radical (unpaired) electrons. The maximum Gasteiger partial charge on any atom is 0.303 e. The first kappa shape index (κ1) is 14.2. The fourth-order valence-corrected chi connectivity index (χ4v) is 4.76. The second-order valence-electron chi connectivity index (χ2n) is 3.67. The van der Waals surface area contributed by atoms with E-state index in [0.29, 0.717) is 5.92 Å². The zero-order valence-electron chi connectivity index (χ0n) is 9.00. The Labute approximate surface area is 116 Å². The average molecular weight is 370 g/mol. The quantitative estimate of drug-likeness (QED) is 0.764. The van der Waals surface area contributed by atoms with E-state index in [2.05, 4.69) is 44.8 Å². The second-order valence-corrected chi connectivity index (χ2v) is 7.42. The van der Waals surface area contributed by atoms with Crippen LogP contribution in [0.5, 0.6) is 0 Å². The van der Waals surface area contributed by atoms with Crippen LogP contribution in [0.15, 0.2) is 13.6 Å². The molecule has 1 aromatic rings. The monoisotopic (exact) mass is 368 g/mol. The SMILES string of the molecule is CCC(CCCC(=O)O)c1cc(Br)sc1Br. The smallest absolute Gasteiger partial charge is 0.303 e. The first-order valence-corrected chi connectivity index (χ1v) is 7.61. The van der Waals surface area contributed by atoms with Gasteiger partial charge in [-0.25, -0.2) is 0 Å². The molecule has 1 aromatic heterocycles. The lowest BCUT2D eigenvalue weighted by Crippen LogP contribution is -2.00. The molecule has 1 N–H and O–H groups in total. The number of rotatable bonds is 6. The standard InChI is InChI=1S/C11H14Br2O2S/c1-2-7(4-3-5-10(14)15)8-6-9(12)16-11(8)13/h6-7H,2-5H2,1H3,(H,14,15). The maximum absolute atomic E-state index is 10.5. The summed E-state index contributed by atoms with van der Waals surface area (Å²) < 4.78 is 2.27. The van der Waals surface area contributed by atoms with Crippen molar-refractivity contribution in [2.24, 2.45) is 0 Å². The van der Waals surface area contributed by atoms with E-state index >= 15 is 0 Å². The Kier molecular flexibility index (Phi) is 6.00. The van der Waals surface area contributed by atoms with Crippen LogP contribution >= 0.6 is 43.2 Å². The van der Waals surface area contributed by atoms with Crippen LogP contribution in [0.25, 0.3) is 0 Å². The highest BCUT2D eigenvalue weighted by atomic mass is 79.9. The van der Waals surface area contributed by atoms with Crippen molar-refractivity contribution in [2.75, 3.05) is 0 Å². The number of aliphatic carboxylic acids is 1. The normalized spacial score (nSPS) is 12.7. The summed E-state index contributed by atoms with van der Waals surface area (Å²) in [6.07, 6.45) is 2.99. The average Bonchev–Trinajstić information content (AvgIpc) is 2.52. The van der Waals surface area contributed by atoms with E-state index < -0.39 is 5.97 Å². The highest BCUT2D eigenvalue weighted by molar-refractivity contribution is 9.12. The van der Waals surface area contributed by atoms with Gasteiger partial charge >= 0.3 is 5.97 Å². The van der Waals surface area contributed by atoms with Crippen molar-refractivity contribution in [3.05, 3.63) is 19.2 Å². The Bertz CT molecular complexity index is 363. The summed E-state index contributed by atoms with van der Waals surface area (Å²) in [6.45, 7) is 2.14. The number of carboxylic acids is 1. The number of carboxylic acid groups (broad SMARTS) is 1. The molecule has 1 atom stereocenters. The van der Waals surface area contributed by atoms with Gasteiger partial charge in [-0.1, -0.05) is 6.92 Å². The highest BCUT2D eigenvalue weighted by Crippen LogP contribution is 2.39. The molecule has 90 valence electrons. The Hall–Kier alpha value is 0.130. The number of hydrogen-bond acceptors (Lipinski definition) is 2. The van der Waals surface area contributed by atoms with Gasteiger partial charge in [-0.2, -0.15) is 0 Å². The van der Waals surface area contributed by atoms with Crippen molar-refractivity contribution in [1.29, 1.82) is 0 Å². The van der Waals surface area contributed by atoms with Gasteiger partial charge in [0.05, 0.1) is 7.57 Å². The van der Waals surface area contributed by atoms with E-state index in [9.17, 15) is 4.79 Å². The molecule has 16 heavy (non-hydrogen) atoms. The van der Waals surface area contributed by atoms with Crippen LogP contribution in [0.1, 0.15) is 44.1 Å². The lowest BCUT2D eigenvalue weighted by atomic mass is 9.93. The van der Waals surface area contributed by atoms with Gasteiger partial charge < -0.3 is 5.11 Å². The van der Waals surface area contributed by atoms with E-state index in [-0.39, 0.29) is 6.42 Å². The molecule has 0 spiro atoms. The van der Waals surface area contributed by atoms with Gasteiger partial charge in [-0.3, -0.25) is 4.79 Å². The van der Waals surface area contributed by atoms with Crippen molar-refractivity contribution in [2.45, 2.75) is 38.5 Å². The van der Waals surface area contributed by atoms with Crippen molar-refractivity contribution < 1.29 is 9.90 Å². The lowest BCUT2D eigenvalue weighted by Gasteiger charge is -2.13. The third kappa shape index (κ3) is 4.18. The molecular formula is C11H14Br2O2S. The molecule has 1 rings (SSSR count).